The number of alkyl halides is 2. The third kappa shape index (κ3) is 3.74. The average molecular weight is 334 g/mol. The first-order valence-corrected chi connectivity index (χ1v) is 8.06. The molecule has 1 aromatic carbocycles. The van der Waals surface area contributed by atoms with Gasteiger partial charge in [-0.15, -0.1) is 0 Å². The lowest BCUT2D eigenvalue weighted by atomic mass is 10.1. The van der Waals surface area contributed by atoms with E-state index in [1.807, 2.05) is 4.72 Å². The van der Waals surface area contributed by atoms with Crippen molar-refractivity contribution in [1.82, 2.24) is 9.10 Å². The second-order valence-electron chi connectivity index (χ2n) is 4.03. The van der Waals surface area contributed by atoms with Crippen molar-refractivity contribution in [3.8, 4) is 5.88 Å². The van der Waals surface area contributed by atoms with Gasteiger partial charge in [-0.25, -0.2) is 17.2 Å². The van der Waals surface area contributed by atoms with Crippen molar-refractivity contribution in [2.45, 2.75) is 16.7 Å². The van der Waals surface area contributed by atoms with Crippen molar-refractivity contribution in [3.05, 3.63) is 42.0 Å². The Labute approximate surface area is 124 Å². The monoisotopic (exact) mass is 334 g/mol. The molecule has 2 aromatic rings. The van der Waals surface area contributed by atoms with Crippen LogP contribution in [0.4, 0.5) is 8.78 Å². The third-order valence-corrected chi connectivity index (χ3v) is 5.30. The van der Waals surface area contributed by atoms with Gasteiger partial charge in [0.05, 0.1) is 7.11 Å². The molecule has 0 saturated carbocycles. The lowest BCUT2D eigenvalue weighted by Gasteiger charge is -2.17. The van der Waals surface area contributed by atoms with Gasteiger partial charge in [0.25, 0.3) is 16.4 Å². The number of aromatic nitrogens is 1. The van der Waals surface area contributed by atoms with E-state index in [1.165, 1.54) is 25.3 Å². The average Bonchev–Trinajstić information content (AvgIpc) is 2.95. The number of hydrogen-bond donors (Lipinski definition) is 1. The molecule has 1 atom stereocenters. The quantitative estimate of drug-likeness (QED) is 0.881. The summed E-state index contributed by atoms with van der Waals surface area (Å²) in [6.07, 6.45) is -2.88. The Morgan fingerprint density at radius 3 is 2.48 bits per heavy atom. The first-order chi connectivity index (χ1) is 9.94. The minimum atomic E-state index is -4.10. The molecule has 21 heavy (non-hydrogen) atoms. The van der Waals surface area contributed by atoms with Crippen LogP contribution in [-0.4, -0.2) is 26.3 Å². The fourth-order valence-corrected chi connectivity index (χ4v) is 3.67. The molecule has 0 bridgehead atoms. The van der Waals surface area contributed by atoms with E-state index in [1.54, 1.807) is 18.2 Å². The van der Waals surface area contributed by atoms with Crippen molar-refractivity contribution in [2.75, 3.05) is 7.11 Å². The summed E-state index contributed by atoms with van der Waals surface area (Å²) in [7, 11) is -2.76. The van der Waals surface area contributed by atoms with Crippen LogP contribution in [0.15, 0.2) is 40.6 Å². The van der Waals surface area contributed by atoms with Gasteiger partial charge in [0.15, 0.2) is 4.21 Å². The van der Waals surface area contributed by atoms with Crippen molar-refractivity contribution in [2.24, 2.45) is 0 Å². The molecule has 1 heterocycles. The molecule has 0 saturated heterocycles. The van der Waals surface area contributed by atoms with Gasteiger partial charge in [-0.1, -0.05) is 30.3 Å². The molecule has 1 N–H and O–H groups in total. The number of benzene rings is 1. The normalized spacial score (nSPS) is 13.3. The van der Waals surface area contributed by atoms with Crippen LogP contribution in [0.1, 0.15) is 11.6 Å². The predicted octanol–water partition coefficient (Wildman–Crippen LogP) is 2.44. The Kier molecular flexibility index (Phi) is 4.86. The summed E-state index contributed by atoms with van der Waals surface area (Å²) in [4.78, 5) is 0. The van der Waals surface area contributed by atoms with Crippen LogP contribution in [0.25, 0.3) is 0 Å². The van der Waals surface area contributed by atoms with E-state index in [-0.39, 0.29) is 15.7 Å². The van der Waals surface area contributed by atoms with Crippen LogP contribution < -0.4 is 9.46 Å². The van der Waals surface area contributed by atoms with Crippen LogP contribution >= 0.6 is 11.5 Å². The second kappa shape index (κ2) is 6.46. The number of methoxy groups -OCH3 is 1. The zero-order valence-corrected chi connectivity index (χ0v) is 12.5. The Bertz CT molecular complexity index is 690. The van der Waals surface area contributed by atoms with E-state index < -0.39 is 22.5 Å². The zero-order chi connectivity index (χ0) is 15.5. The van der Waals surface area contributed by atoms with Crippen LogP contribution in [0.5, 0.6) is 5.88 Å². The Morgan fingerprint density at radius 2 is 1.95 bits per heavy atom. The highest BCUT2D eigenvalue weighted by Crippen LogP contribution is 2.26. The highest BCUT2D eigenvalue weighted by Gasteiger charge is 2.29. The molecule has 0 aliphatic carbocycles. The van der Waals surface area contributed by atoms with Gasteiger partial charge >= 0.3 is 0 Å². The summed E-state index contributed by atoms with van der Waals surface area (Å²) in [5.41, 5.74) is 0.188. The van der Waals surface area contributed by atoms with Crippen molar-refractivity contribution in [1.29, 1.82) is 0 Å². The van der Waals surface area contributed by atoms with E-state index in [9.17, 15) is 17.2 Å². The fourth-order valence-electron chi connectivity index (χ4n) is 1.62. The standard InChI is InChI=1S/C12H12F2N2O3S2/c1-19-9-7-10(20-15-9)21(17,18)16-11(12(13)14)8-5-3-2-4-6-8/h2-7,11-12,16H,1H3. The maximum absolute atomic E-state index is 13.1. The van der Waals surface area contributed by atoms with Gasteiger partial charge in [0, 0.05) is 6.07 Å². The second-order valence-corrected chi connectivity index (χ2v) is 6.78. The molecule has 0 spiro atoms. The Hall–Kier alpha value is -1.58. The highest BCUT2D eigenvalue weighted by atomic mass is 32.2. The number of rotatable bonds is 6. The van der Waals surface area contributed by atoms with Gasteiger partial charge in [0.1, 0.15) is 6.04 Å². The number of ether oxygens (including phenoxy) is 1. The number of nitrogens with zero attached hydrogens (tertiary/aromatic N) is 1. The minimum Gasteiger partial charge on any atom is -0.480 e. The maximum atomic E-state index is 13.1. The first kappa shape index (κ1) is 15.8. The topological polar surface area (TPSA) is 68.3 Å². The number of hydrogen-bond acceptors (Lipinski definition) is 5. The lowest BCUT2D eigenvalue weighted by Crippen LogP contribution is -2.32. The molecule has 1 unspecified atom stereocenters. The molecule has 0 amide bonds. The van der Waals surface area contributed by atoms with E-state index >= 15 is 0 Å². The minimum absolute atomic E-state index is 0.119. The number of sulfonamides is 1. The first-order valence-electron chi connectivity index (χ1n) is 5.80. The smallest absolute Gasteiger partial charge is 0.258 e. The summed E-state index contributed by atoms with van der Waals surface area (Å²) in [5, 5.41) is 0. The SMILES string of the molecule is COc1cc(S(=O)(=O)NC(c2ccccc2)C(F)F)sn1. The van der Waals surface area contributed by atoms with Gasteiger partial charge in [-0.3, -0.25) is 0 Å². The van der Waals surface area contributed by atoms with E-state index in [4.69, 9.17) is 4.74 Å². The largest absolute Gasteiger partial charge is 0.480 e. The molecule has 5 nitrogen and oxygen atoms in total. The fraction of sp³-hybridized carbons (Fsp3) is 0.250. The summed E-state index contributed by atoms with van der Waals surface area (Å²) in [6.45, 7) is 0. The lowest BCUT2D eigenvalue weighted by molar-refractivity contribution is 0.109. The Balaban J connectivity index is 2.28. The summed E-state index contributed by atoms with van der Waals surface area (Å²) in [5.74, 6) is 0.119. The molecule has 0 aliphatic rings. The van der Waals surface area contributed by atoms with Crippen LogP contribution in [0.2, 0.25) is 0 Å². The van der Waals surface area contributed by atoms with Crippen LogP contribution in [0.3, 0.4) is 0 Å². The maximum Gasteiger partial charge on any atom is 0.258 e. The molecule has 2 rings (SSSR count). The number of halogens is 2. The molecule has 9 heteroatoms. The van der Waals surface area contributed by atoms with Crippen molar-refractivity contribution in [3.63, 3.8) is 0 Å². The van der Waals surface area contributed by atoms with Crippen molar-refractivity contribution >= 4 is 21.6 Å². The third-order valence-electron chi connectivity index (χ3n) is 2.63. The molecule has 0 radical (unpaired) electrons. The van der Waals surface area contributed by atoms with Crippen LogP contribution in [-0.2, 0) is 10.0 Å². The molecule has 114 valence electrons. The van der Waals surface area contributed by atoms with Gasteiger partial charge in [-0.2, -0.15) is 9.10 Å². The molecule has 1 aromatic heterocycles. The molecular weight excluding hydrogens is 322 g/mol. The molecule has 0 fully saturated rings. The van der Waals surface area contributed by atoms with Crippen molar-refractivity contribution < 1.29 is 21.9 Å². The van der Waals surface area contributed by atoms with E-state index in [0.29, 0.717) is 11.5 Å². The molecular formula is C12H12F2N2O3S2. The zero-order valence-electron chi connectivity index (χ0n) is 10.9. The predicted molar refractivity (Wildman–Crippen MR) is 74.2 cm³/mol. The van der Waals surface area contributed by atoms with Gasteiger partial charge in [-0.05, 0) is 17.1 Å². The van der Waals surface area contributed by atoms with Crippen LogP contribution in [0, 0.1) is 0 Å². The Morgan fingerprint density at radius 1 is 1.29 bits per heavy atom. The van der Waals surface area contributed by atoms with Gasteiger partial charge < -0.3 is 4.74 Å². The van der Waals surface area contributed by atoms with Gasteiger partial charge in [0.2, 0.25) is 5.88 Å². The van der Waals surface area contributed by atoms with E-state index in [0.717, 1.165) is 0 Å². The van der Waals surface area contributed by atoms with E-state index in [2.05, 4.69) is 4.37 Å². The summed E-state index contributed by atoms with van der Waals surface area (Å²) in [6, 6.07) is 7.22. The summed E-state index contributed by atoms with van der Waals surface area (Å²) >= 11 is 0.660. The molecule has 0 aliphatic heterocycles. The summed E-state index contributed by atoms with van der Waals surface area (Å²) < 4.78 is 60.9. The highest BCUT2D eigenvalue weighted by molar-refractivity contribution is 7.91. The number of nitrogens with one attached hydrogen (secondary N) is 1.